The number of anilines is 1. The summed E-state index contributed by atoms with van der Waals surface area (Å²) in [7, 11) is 3.36. The van der Waals surface area contributed by atoms with Crippen molar-refractivity contribution in [2.45, 2.75) is 19.6 Å². The predicted molar refractivity (Wildman–Crippen MR) is 119 cm³/mol. The summed E-state index contributed by atoms with van der Waals surface area (Å²) in [6.45, 7) is 2.15. The van der Waals surface area contributed by atoms with Crippen LogP contribution in [0.5, 0.6) is 0 Å². The second kappa shape index (κ2) is 8.72. The second-order valence-corrected chi connectivity index (χ2v) is 7.50. The van der Waals surface area contributed by atoms with Crippen LogP contribution >= 0.6 is 0 Å². The van der Waals surface area contributed by atoms with Gasteiger partial charge in [0.1, 0.15) is 0 Å². The summed E-state index contributed by atoms with van der Waals surface area (Å²) in [5, 5.41) is 8.40. The molecule has 0 saturated heterocycles. The Morgan fingerprint density at radius 2 is 2.09 bits per heavy atom. The Balaban J connectivity index is 1.82. The highest BCUT2D eigenvalue weighted by Crippen LogP contribution is 2.33. The van der Waals surface area contributed by atoms with E-state index in [1.807, 2.05) is 26.2 Å². The number of aromatic nitrogens is 4. The van der Waals surface area contributed by atoms with Gasteiger partial charge in [-0.05, 0) is 42.8 Å². The van der Waals surface area contributed by atoms with Gasteiger partial charge in [0.2, 0.25) is 5.95 Å². The average Bonchev–Trinajstić information content (AvgIpc) is 3.20. The SMILES string of the molecule is COCc1ccc(-c2ccc3ncc(C(N)=O)c(NC(C)c4ccn(C)n4)c3c2)c(F)n1. The van der Waals surface area contributed by atoms with E-state index in [1.165, 1.54) is 13.3 Å². The predicted octanol–water partition coefficient (Wildman–Crippen LogP) is 3.59. The smallest absolute Gasteiger partial charge is 0.252 e. The summed E-state index contributed by atoms with van der Waals surface area (Å²) in [4.78, 5) is 20.5. The lowest BCUT2D eigenvalue weighted by atomic mass is 10.0. The van der Waals surface area contributed by atoms with Crippen LogP contribution in [0.1, 0.15) is 34.7 Å². The van der Waals surface area contributed by atoms with E-state index in [9.17, 15) is 9.18 Å². The molecule has 4 aromatic rings. The molecule has 0 aliphatic heterocycles. The number of nitrogens with one attached hydrogen (secondary N) is 1. The molecule has 4 rings (SSSR count). The van der Waals surface area contributed by atoms with E-state index < -0.39 is 11.9 Å². The molecule has 9 heteroatoms. The molecule has 0 spiro atoms. The van der Waals surface area contributed by atoms with Gasteiger partial charge in [0, 0.05) is 37.5 Å². The fourth-order valence-corrected chi connectivity index (χ4v) is 3.57. The molecule has 1 aromatic carbocycles. The fourth-order valence-electron chi connectivity index (χ4n) is 3.57. The average molecular weight is 434 g/mol. The number of carbonyl (C=O) groups excluding carboxylic acids is 1. The zero-order chi connectivity index (χ0) is 22.8. The van der Waals surface area contributed by atoms with Gasteiger partial charge in [-0.3, -0.25) is 14.5 Å². The standard InChI is InChI=1S/C23H23FN6O2/c1-13(19-8-9-30(2)29-19)27-21-17-10-14(4-7-20(17)26-11-18(21)23(25)31)16-6-5-15(12-32-3)28-22(16)24/h4-11,13H,12H2,1-3H3,(H2,25,31)(H,26,27). The van der Waals surface area contributed by atoms with Crippen LogP contribution in [0, 0.1) is 5.95 Å². The number of benzene rings is 1. The molecule has 8 nitrogen and oxygen atoms in total. The largest absolute Gasteiger partial charge is 0.378 e. The minimum atomic E-state index is -0.614. The van der Waals surface area contributed by atoms with Gasteiger partial charge < -0.3 is 15.8 Å². The van der Waals surface area contributed by atoms with E-state index in [0.717, 1.165) is 5.69 Å². The van der Waals surface area contributed by atoms with Crippen molar-refractivity contribution in [1.29, 1.82) is 0 Å². The van der Waals surface area contributed by atoms with Crippen LogP contribution < -0.4 is 11.1 Å². The molecule has 0 bridgehead atoms. The van der Waals surface area contributed by atoms with Crippen LogP contribution in [0.3, 0.4) is 0 Å². The minimum absolute atomic E-state index is 0.213. The highest BCUT2D eigenvalue weighted by atomic mass is 19.1. The van der Waals surface area contributed by atoms with Gasteiger partial charge in [-0.25, -0.2) is 4.98 Å². The molecule has 0 aliphatic rings. The number of nitrogens with two attached hydrogens (primary N) is 1. The van der Waals surface area contributed by atoms with Crippen molar-refractivity contribution in [1.82, 2.24) is 19.7 Å². The molecule has 32 heavy (non-hydrogen) atoms. The number of amides is 1. The zero-order valence-corrected chi connectivity index (χ0v) is 18.0. The van der Waals surface area contributed by atoms with Crippen LogP contribution in [0.2, 0.25) is 0 Å². The molecule has 3 aromatic heterocycles. The number of pyridine rings is 2. The van der Waals surface area contributed by atoms with Gasteiger partial charge in [-0.1, -0.05) is 6.07 Å². The molecule has 0 radical (unpaired) electrons. The first-order valence-electron chi connectivity index (χ1n) is 10.0. The maximum Gasteiger partial charge on any atom is 0.252 e. The van der Waals surface area contributed by atoms with Crippen LogP contribution in [0.15, 0.2) is 48.8 Å². The van der Waals surface area contributed by atoms with Crippen molar-refractivity contribution in [2.75, 3.05) is 12.4 Å². The normalized spacial score (nSPS) is 12.1. The molecule has 0 aliphatic carbocycles. The van der Waals surface area contributed by atoms with Crippen LogP contribution in [0.25, 0.3) is 22.0 Å². The first kappa shape index (κ1) is 21.4. The molecular formula is C23H23FN6O2. The molecule has 0 saturated carbocycles. The van der Waals surface area contributed by atoms with Gasteiger partial charge in [0.25, 0.3) is 5.91 Å². The number of carbonyl (C=O) groups is 1. The fraction of sp³-hybridized carbons (Fsp3) is 0.217. The third-order valence-corrected chi connectivity index (χ3v) is 5.18. The first-order chi connectivity index (χ1) is 15.4. The monoisotopic (exact) mass is 434 g/mol. The molecule has 164 valence electrons. The maximum absolute atomic E-state index is 14.7. The Labute approximate surface area is 184 Å². The second-order valence-electron chi connectivity index (χ2n) is 7.50. The molecule has 0 fully saturated rings. The number of primary amides is 1. The summed E-state index contributed by atoms with van der Waals surface area (Å²) < 4.78 is 21.4. The van der Waals surface area contributed by atoms with Crippen molar-refractivity contribution >= 4 is 22.5 Å². The van der Waals surface area contributed by atoms with Crippen LogP contribution in [-0.2, 0) is 18.4 Å². The Hall–Kier alpha value is -3.85. The van der Waals surface area contributed by atoms with Gasteiger partial charge >= 0.3 is 0 Å². The van der Waals surface area contributed by atoms with Gasteiger partial charge in [-0.15, -0.1) is 0 Å². The van der Waals surface area contributed by atoms with Gasteiger partial charge in [0.05, 0.1) is 40.8 Å². The number of fused-ring (bicyclic) bond motifs is 1. The van der Waals surface area contributed by atoms with E-state index >= 15 is 0 Å². The van der Waals surface area contributed by atoms with Crippen molar-refractivity contribution in [3.8, 4) is 11.1 Å². The van der Waals surface area contributed by atoms with Crippen molar-refractivity contribution in [2.24, 2.45) is 12.8 Å². The molecule has 1 unspecified atom stereocenters. The lowest BCUT2D eigenvalue weighted by Crippen LogP contribution is -2.17. The van der Waals surface area contributed by atoms with E-state index in [-0.39, 0.29) is 18.2 Å². The molecule has 1 atom stereocenters. The lowest BCUT2D eigenvalue weighted by Gasteiger charge is -2.18. The van der Waals surface area contributed by atoms with Gasteiger partial charge in [0.15, 0.2) is 0 Å². The number of methoxy groups -OCH3 is 1. The number of aryl methyl sites for hydroxylation is 1. The summed E-state index contributed by atoms with van der Waals surface area (Å²) in [5.74, 6) is -1.22. The van der Waals surface area contributed by atoms with Crippen molar-refractivity contribution < 1.29 is 13.9 Å². The minimum Gasteiger partial charge on any atom is -0.378 e. The third-order valence-electron chi connectivity index (χ3n) is 5.18. The number of nitrogens with zero attached hydrogens (tertiary/aromatic N) is 4. The Kier molecular flexibility index (Phi) is 5.83. The van der Waals surface area contributed by atoms with E-state index in [0.29, 0.717) is 33.4 Å². The zero-order valence-electron chi connectivity index (χ0n) is 18.0. The quantitative estimate of drug-likeness (QED) is 0.431. The number of rotatable bonds is 7. The van der Waals surface area contributed by atoms with Crippen LogP contribution in [0.4, 0.5) is 10.1 Å². The number of hydrogen-bond acceptors (Lipinski definition) is 6. The topological polar surface area (TPSA) is 108 Å². The summed E-state index contributed by atoms with van der Waals surface area (Å²) in [6.07, 6.45) is 3.29. The van der Waals surface area contributed by atoms with Crippen molar-refractivity contribution in [3.63, 3.8) is 0 Å². The molecule has 3 N–H and O–H groups in total. The summed E-state index contributed by atoms with van der Waals surface area (Å²) in [5.41, 5.74) is 9.25. The van der Waals surface area contributed by atoms with E-state index in [4.69, 9.17) is 10.5 Å². The van der Waals surface area contributed by atoms with Crippen LogP contribution in [-0.4, -0.2) is 32.8 Å². The summed E-state index contributed by atoms with van der Waals surface area (Å²) in [6, 6.07) is 10.4. The highest BCUT2D eigenvalue weighted by molar-refractivity contribution is 6.07. The Bertz CT molecular complexity index is 1300. The Morgan fingerprint density at radius 1 is 1.28 bits per heavy atom. The molecule has 3 heterocycles. The first-order valence-corrected chi connectivity index (χ1v) is 10.0. The molecular weight excluding hydrogens is 411 g/mol. The number of ether oxygens (including phenoxy) is 1. The van der Waals surface area contributed by atoms with E-state index in [1.54, 1.807) is 35.0 Å². The van der Waals surface area contributed by atoms with E-state index in [2.05, 4.69) is 20.4 Å². The molecule has 1 amide bonds. The lowest BCUT2D eigenvalue weighted by molar-refractivity contribution is 0.100. The number of hydrogen-bond donors (Lipinski definition) is 2. The Morgan fingerprint density at radius 3 is 2.75 bits per heavy atom. The van der Waals surface area contributed by atoms with Crippen molar-refractivity contribution in [3.05, 3.63) is 71.7 Å². The number of halogens is 1. The maximum atomic E-state index is 14.7. The third kappa shape index (κ3) is 4.15. The van der Waals surface area contributed by atoms with Gasteiger partial charge in [-0.2, -0.15) is 9.49 Å². The summed E-state index contributed by atoms with van der Waals surface area (Å²) >= 11 is 0. The highest BCUT2D eigenvalue weighted by Gasteiger charge is 2.18.